The van der Waals surface area contributed by atoms with Crippen molar-refractivity contribution in [2.75, 3.05) is 14.1 Å². The molecule has 1 N–H and O–H groups in total. The molecule has 0 aliphatic rings. The molecule has 0 bridgehead atoms. The van der Waals surface area contributed by atoms with Crippen molar-refractivity contribution in [2.45, 2.75) is 24.9 Å². The number of hydrogen-bond acceptors (Lipinski definition) is 6. The number of furan rings is 1. The summed E-state index contributed by atoms with van der Waals surface area (Å²) < 4.78 is 31.8. The lowest BCUT2D eigenvalue weighted by Gasteiger charge is -2.15. The van der Waals surface area contributed by atoms with Gasteiger partial charge in [0.2, 0.25) is 10.0 Å². The molecule has 2 rings (SSSR count). The Bertz CT molecular complexity index is 662. The third kappa shape index (κ3) is 3.09. The SMILES string of the molecule is CNCc1cc(S(=O)(=O)N(C)Cc2cscn2)c(C)o1. The van der Waals surface area contributed by atoms with Crippen molar-refractivity contribution >= 4 is 21.4 Å². The number of hydrogen-bond donors (Lipinski definition) is 1. The van der Waals surface area contributed by atoms with Crippen molar-refractivity contribution in [3.05, 3.63) is 34.2 Å². The van der Waals surface area contributed by atoms with Crippen LogP contribution < -0.4 is 5.32 Å². The number of nitrogens with one attached hydrogen (secondary N) is 1. The van der Waals surface area contributed by atoms with E-state index in [0.29, 0.717) is 18.1 Å². The predicted octanol–water partition coefficient (Wildman–Crippen LogP) is 1.58. The minimum Gasteiger partial charge on any atom is -0.464 e. The van der Waals surface area contributed by atoms with E-state index in [4.69, 9.17) is 4.42 Å². The van der Waals surface area contributed by atoms with Crippen molar-refractivity contribution < 1.29 is 12.8 Å². The molecule has 0 atom stereocenters. The van der Waals surface area contributed by atoms with Crippen molar-refractivity contribution in [3.63, 3.8) is 0 Å². The fourth-order valence-corrected chi connectivity index (χ4v) is 3.71. The number of rotatable bonds is 6. The summed E-state index contributed by atoms with van der Waals surface area (Å²) >= 11 is 1.44. The normalized spacial score (nSPS) is 12.2. The maximum absolute atomic E-state index is 12.5. The highest BCUT2D eigenvalue weighted by molar-refractivity contribution is 7.89. The maximum atomic E-state index is 12.5. The van der Waals surface area contributed by atoms with Crippen LogP contribution in [0.25, 0.3) is 0 Å². The van der Waals surface area contributed by atoms with Crippen molar-refractivity contribution in [1.29, 1.82) is 0 Å². The van der Waals surface area contributed by atoms with Crippen LogP contribution in [-0.2, 0) is 23.1 Å². The largest absolute Gasteiger partial charge is 0.464 e. The molecule has 0 spiro atoms. The first-order valence-corrected chi connectivity index (χ1v) is 8.40. The summed E-state index contributed by atoms with van der Waals surface area (Å²) in [4.78, 5) is 4.31. The van der Waals surface area contributed by atoms with Crippen LogP contribution in [0.5, 0.6) is 0 Å². The zero-order valence-corrected chi connectivity index (χ0v) is 13.2. The van der Waals surface area contributed by atoms with Crippen molar-refractivity contribution in [1.82, 2.24) is 14.6 Å². The van der Waals surface area contributed by atoms with Gasteiger partial charge in [-0.2, -0.15) is 4.31 Å². The number of aromatic nitrogens is 1. The molecule has 6 nitrogen and oxygen atoms in total. The molecule has 0 radical (unpaired) electrons. The number of sulfonamides is 1. The summed E-state index contributed by atoms with van der Waals surface area (Å²) in [5.74, 6) is 1.01. The topological polar surface area (TPSA) is 75.4 Å². The Hall–Kier alpha value is -1.22. The van der Waals surface area contributed by atoms with Crippen LogP contribution in [0.3, 0.4) is 0 Å². The van der Waals surface area contributed by atoms with E-state index >= 15 is 0 Å². The molecule has 0 saturated heterocycles. The molecule has 20 heavy (non-hydrogen) atoms. The van der Waals surface area contributed by atoms with Crippen LogP contribution in [0.15, 0.2) is 26.3 Å². The second kappa shape index (κ2) is 6.04. The summed E-state index contributed by atoms with van der Waals surface area (Å²) in [5, 5.41) is 4.76. The summed E-state index contributed by atoms with van der Waals surface area (Å²) in [6.45, 7) is 2.40. The second-order valence-electron chi connectivity index (χ2n) is 4.40. The molecule has 0 aliphatic heterocycles. The van der Waals surface area contributed by atoms with Gasteiger partial charge in [-0.1, -0.05) is 0 Å². The third-order valence-corrected chi connectivity index (χ3v) is 5.38. The van der Waals surface area contributed by atoms with Crippen LogP contribution in [0, 0.1) is 6.92 Å². The average molecular weight is 315 g/mol. The number of thiazole rings is 1. The highest BCUT2D eigenvalue weighted by Crippen LogP contribution is 2.24. The average Bonchev–Trinajstić information content (AvgIpc) is 2.99. The fourth-order valence-electron chi connectivity index (χ4n) is 1.84. The van der Waals surface area contributed by atoms with Crippen molar-refractivity contribution in [2.24, 2.45) is 0 Å². The van der Waals surface area contributed by atoms with Gasteiger partial charge in [-0.3, -0.25) is 0 Å². The van der Waals surface area contributed by atoms with Crippen LogP contribution in [0.2, 0.25) is 0 Å². The predicted molar refractivity (Wildman–Crippen MR) is 77.0 cm³/mol. The van der Waals surface area contributed by atoms with Crippen LogP contribution in [-0.4, -0.2) is 31.8 Å². The van der Waals surface area contributed by atoms with Crippen LogP contribution in [0.4, 0.5) is 0 Å². The molecule has 0 aliphatic carbocycles. The molecular weight excluding hydrogens is 298 g/mol. The molecule has 0 amide bonds. The molecule has 8 heteroatoms. The summed E-state index contributed by atoms with van der Waals surface area (Å²) in [7, 11) is -0.248. The first-order valence-electron chi connectivity index (χ1n) is 6.02. The van der Waals surface area contributed by atoms with E-state index in [2.05, 4.69) is 10.3 Å². The Morgan fingerprint density at radius 3 is 2.85 bits per heavy atom. The highest BCUT2D eigenvalue weighted by atomic mass is 32.2. The lowest BCUT2D eigenvalue weighted by Crippen LogP contribution is -2.26. The Morgan fingerprint density at radius 2 is 2.25 bits per heavy atom. The Labute approximate surface area is 122 Å². The molecule has 0 saturated carbocycles. The summed E-state index contributed by atoms with van der Waals surface area (Å²) in [6, 6.07) is 1.57. The van der Waals surface area contributed by atoms with Gasteiger partial charge >= 0.3 is 0 Å². The second-order valence-corrected chi connectivity index (χ2v) is 7.14. The van der Waals surface area contributed by atoms with E-state index in [1.807, 2.05) is 5.38 Å². The Morgan fingerprint density at radius 1 is 1.50 bits per heavy atom. The summed E-state index contributed by atoms with van der Waals surface area (Å²) in [5.41, 5.74) is 2.42. The molecule has 0 fully saturated rings. The fraction of sp³-hybridized carbons (Fsp3) is 0.417. The van der Waals surface area contributed by atoms with Gasteiger partial charge < -0.3 is 9.73 Å². The lowest BCUT2D eigenvalue weighted by atomic mass is 10.4. The first-order chi connectivity index (χ1) is 9.45. The van der Waals surface area contributed by atoms with Gasteiger partial charge in [0.15, 0.2) is 0 Å². The Balaban J connectivity index is 2.25. The molecule has 0 unspecified atom stereocenters. The molecular formula is C12H17N3O3S2. The minimum absolute atomic E-state index is 0.209. The molecule has 2 heterocycles. The van der Waals surface area contributed by atoms with Gasteiger partial charge in [0, 0.05) is 18.5 Å². The van der Waals surface area contributed by atoms with E-state index < -0.39 is 10.0 Å². The van der Waals surface area contributed by atoms with Gasteiger partial charge in [0.25, 0.3) is 0 Å². The van der Waals surface area contributed by atoms with Crippen LogP contribution >= 0.6 is 11.3 Å². The third-order valence-electron chi connectivity index (χ3n) is 2.83. The standard InChI is InChI=1S/C12H17N3O3S2/c1-9-12(4-11(18-9)5-13-2)20(16,17)15(3)6-10-7-19-8-14-10/h4,7-8,13H,5-6H2,1-3H3. The smallest absolute Gasteiger partial charge is 0.246 e. The molecule has 110 valence electrons. The van der Waals surface area contributed by atoms with E-state index in [1.54, 1.807) is 32.6 Å². The zero-order chi connectivity index (χ0) is 14.8. The quantitative estimate of drug-likeness (QED) is 0.876. The molecule has 2 aromatic rings. The van der Waals surface area contributed by atoms with Gasteiger partial charge in [-0.05, 0) is 14.0 Å². The monoisotopic (exact) mass is 315 g/mol. The van der Waals surface area contributed by atoms with Crippen molar-refractivity contribution in [3.8, 4) is 0 Å². The maximum Gasteiger partial charge on any atom is 0.246 e. The van der Waals surface area contributed by atoms with E-state index in [0.717, 1.165) is 5.69 Å². The van der Waals surface area contributed by atoms with Gasteiger partial charge in [-0.25, -0.2) is 13.4 Å². The summed E-state index contributed by atoms with van der Waals surface area (Å²) in [6.07, 6.45) is 0. The Kier molecular flexibility index (Phi) is 4.59. The van der Waals surface area contributed by atoms with Gasteiger partial charge in [0.1, 0.15) is 16.4 Å². The minimum atomic E-state index is -3.57. The highest BCUT2D eigenvalue weighted by Gasteiger charge is 2.26. The number of aryl methyl sites for hydroxylation is 1. The zero-order valence-electron chi connectivity index (χ0n) is 11.6. The lowest BCUT2D eigenvalue weighted by molar-refractivity contribution is 0.450. The van der Waals surface area contributed by atoms with E-state index in [1.165, 1.54) is 15.6 Å². The van der Waals surface area contributed by atoms with Crippen LogP contribution in [0.1, 0.15) is 17.2 Å². The van der Waals surface area contributed by atoms with E-state index in [-0.39, 0.29) is 11.4 Å². The first kappa shape index (κ1) is 15.2. The van der Waals surface area contributed by atoms with E-state index in [9.17, 15) is 8.42 Å². The van der Waals surface area contributed by atoms with Gasteiger partial charge in [-0.15, -0.1) is 11.3 Å². The number of nitrogens with zero attached hydrogens (tertiary/aromatic N) is 2. The van der Waals surface area contributed by atoms with Gasteiger partial charge in [0.05, 0.1) is 24.3 Å². The molecule has 2 aromatic heterocycles. The molecule has 0 aromatic carbocycles.